The molecule has 1 amide bonds. The van der Waals surface area contributed by atoms with Gasteiger partial charge < -0.3 is 15.2 Å². The molecule has 0 unspecified atom stereocenters. The number of anilines is 2. The van der Waals surface area contributed by atoms with E-state index in [1.54, 1.807) is 4.68 Å². The number of aromatic nitrogens is 3. The van der Waals surface area contributed by atoms with Gasteiger partial charge in [-0.2, -0.15) is 4.98 Å². The number of hydrogen-bond acceptors (Lipinski definition) is 6. The smallest absolute Gasteiger partial charge is 0.250 e. The summed E-state index contributed by atoms with van der Waals surface area (Å²) in [5, 5.41) is 21.7. The monoisotopic (exact) mass is 438 g/mol. The molecule has 1 aliphatic heterocycles. The summed E-state index contributed by atoms with van der Waals surface area (Å²) >= 11 is 6.06. The molecule has 0 radical (unpaired) electrons. The number of carbonyl (C=O) groups is 2. The van der Waals surface area contributed by atoms with Crippen LogP contribution in [0.2, 0.25) is 5.02 Å². The van der Waals surface area contributed by atoms with Crippen molar-refractivity contribution < 1.29 is 14.7 Å². The predicted molar refractivity (Wildman–Crippen MR) is 115 cm³/mol. The van der Waals surface area contributed by atoms with Gasteiger partial charge in [-0.15, -0.1) is 5.10 Å². The SMILES string of the molecule is O=C([O-])CCCC(=O)Nc1nc2n(n1)[C@@H](c1ccc(Cl)cc1)C[C@@H](c1ccccc1)N2. The molecular formula is C22H21ClN5O3-. The predicted octanol–water partition coefficient (Wildman–Crippen LogP) is 2.94. The van der Waals surface area contributed by atoms with Crippen molar-refractivity contribution in [2.75, 3.05) is 10.6 Å². The molecule has 2 aromatic carbocycles. The second-order valence-electron chi connectivity index (χ2n) is 7.39. The summed E-state index contributed by atoms with van der Waals surface area (Å²) in [6, 6.07) is 17.6. The van der Waals surface area contributed by atoms with E-state index in [4.69, 9.17) is 11.6 Å². The zero-order chi connectivity index (χ0) is 21.8. The van der Waals surface area contributed by atoms with Crippen LogP contribution in [-0.2, 0) is 9.59 Å². The number of aliphatic carboxylic acids is 1. The molecule has 9 heteroatoms. The van der Waals surface area contributed by atoms with Crippen LogP contribution in [-0.4, -0.2) is 26.6 Å². The first-order chi connectivity index (χ1) is 15.0. The Balaban J connectivity index is 1.59. The second kappa shape index (κ2) is 9.18. The minimum absolute atomic E-state index is 0.0187. The Labute approximate surface area is 184 Å². The number of fused-ring (bicyclic) bond motifs is 1. The van der Waals surface area contributed by atoms with E-state index in [0.717, 1.165) is 17.5 Å². The normalized spacial score (nSPS) is 17.5. The number of carbonyl (C=O) groups excluding carboxylic acids is 2. The first kappa shape index (κ1) is 20.9. The van der Waals surface area contributed by atoms with Crippen LogP contribution < -0.4 is 15.7 Å². The number of hydrogen-bond donors (Lipinski definition) is 2. The Morgan fingerprint density at radius 2 is 1.84 bits per heavy atom. The summed E-state index contributed by atoms with van der Waals surface area (Å²) in [5.41, 5.74) is 2.16. The summed E-state index contributed by atoms with van der Waals surface area (Å²) in [7, 11) is 0. The van der Waals surface area contributed by atoms with E-state index in [9.17, 15) is 14.7 Å². The van der Waals surface area contributed by atoms with Gasteiger partial charge in [-0.1, -0.05) is 54.1 Å². The number of halogens is 1. The van der Waals surface area contributed by atoms with E-state index in [-0.39, 0.29) is 43.2 Å². The molecule has 0 fully saturated rings. The van der Waals surface area contributed by atoms with Gasteiger partial charge >= 0.3 is 0 Å². The number of carboxylic acid groups (broad SMARTS) is 1. The maximum atomic E-state index is 12.1. The van der Waals surface area contributed by atoms with Gasteiger partial charge in [0.2, 0.25) is 11.9 Å². The summed E-state index contributed by atoms with van der Waals surface area (Å²) in [6.45, 7) is 0. The molecule has 31 heavy (non-hydrogen) atoms. The molecule has 1 aromatic heterocycles. The molecule has 2 atom stereocenters. The van der Waals surface area contributed by atoms with E-state index in [2.05, 4.69) is 32.8 Å². The molecule has 2 N–H and O–H groups in total. The molecule has 3 aromatic rings. The largest absolute Gasteiger partial charge is 0.550 e. The minimum Gasteiger partial charge on any atom is -0.550 e. The summed E-state index contributed by atoms with van der Waals surface area (Å²) < 4.78 is 1.76. The van der Waals surface area contributed by atoms with Crippen LogP contribution in [0.4, 0.5) is 11.9 Å². The molecular weight excluding hydrogens is 418 g/mol. The van der Waals surface area contributed by atoms with Crippen LogP contribution in [0.1, 0.15) is 48.9 Å². The molecule has 0 saturated heterocycles. The van der Waals surface area contributed by atoms with Gasteiger partial charge in [0.15, 0.2) is 0 Å². The van der Waals surface area contributed by atoms with Crippen LogP contribution in [0.15, 0.2) is 54.6 Å². The number of amides is 1. The highest BCUT2D eigenvalue weighted by Gasteiger charge is 2.31. The summed E-state index contributed by atoms with van der Waals surface area (Å²) in [6.07, 6.45) is 0.822. The van der Waals surface area contributed by atoms with E-state index in [0.29, 0.717) is 11.0 Å². The zero-order valence-corrected chi connectivity index (χ0v) is 17.4. The van der Waals surface area contributed by atoms with Gasteiger partial charge in [-0.25, -0.2) is 4.68 Å². The van der Waals surface area contributed by atoms with Gasteiger partial charge in [0.05, 0.1) is 12.1 Å². The highest BCUT2D eigenvalue weighted by molar-refractivity contribution is 6.30. The highest BCUT2D eigenvalue weighted by atomic mass is 35.5. The van der Waals surface area contributed by atoms with Crippen molar-refractivity contribution >= 4 is 35.4 Å². The van der Waals surface area contributed by atoms with Crippen molar-refractivity contribution in [1.29, 1.82) is 0 Å². The van der Waals surface area contributed by atoms with Crippen LogP contribution in [0.25, 0.3) is 0 Å². The average molecular weight is 439 g/mol. The number of nitrogens with one attached hydrogen (secondary N) is 2. The lowest BCUT2D eigenvalue weighted by atomic mass is 9.93. The van der Waals surface area contributed by atoms with Gasteiger partial charge in [-0.05, 0) is 42.5 Å². The van der Waals surface area contributed by atoms with Crippen molar-refractivity contribution in [2.45, 2.75) is 37.8 Å². The van der Waals surface area contributed by atoms with Crippen LogP contribution in [0, 0.1) is 0 Å². The number of nitrogens with zero attached hydrogens (tertiary/aromatic N) is 3. The maximum Gasteiger partial charge on any atom is 0.250 e. The van der Waals surface area contributed by atoms with Crippen molar-refractivity contribution in [3.8, 4) is 0 Å². The quantitative estimate of drug-likeness (QED) is 0.586. The van der Waals surface area contributed by atoms with Crippen LogP contribution in [0.5, 0.6) is 0 Å². The Morgan fingerprint density at radius 1 is 1.10 bits per heavy atom. The van der Waals surface area contributed by atoms with Gasteiger partial charge in [-0.3, -0.25) is 10.1 Å². The van der Waals surface area contributed by atoms with E-state index in [1.165, 1.54) is 0 Å². The first-order valence-corrected chi connectivity index (χ1v) is 10.4. The van der Waals surface area contributed by atoms with Crippen molar-refractivity contribution in [3.63, 3.8) is 0 Å². The molecule has 2 heterocycles. The van der Waals surface area contributed by atoms with Gasteiger partial charge in [0.25, 0.3) is 5.95 Å². The lowest BCUT2D eigenvalue weighted by Crippen LogP contribution is -2.28. The second-order valence-corrected chi connectivity index (χ2v) is 7.82. The summed E-state index contributed by atoms with van der Waals surface area (Å²) in [4.78, 5) is 27.1. The molecule has 4 rings (SSSR count). The Morgan fingerprint density at radius 3 is 2.55 bits per heavy atom. The number of carboxylic acids is 1. The van der Waals surface area contributed by atoms with Crippen molar-refractivity contribution in [2.24, 2.45) is 0 Å². The highest BCUT2D eigenvalue weighted by Crippen LogP contribution is 2.38. The molecule has 1 aliphatic rings. The standard InChI is InChI=1S/C22H22ClN5O3/c23-16-11-9-15(10-12-16)18-13-17(14-5-2-1-3-6-14)24-22-26-21(27-28(18)22)25-19(29)7-4-8-20(30)31/h1-3,5-6,9-12,17-18H,4,7-8,13H2,(H,30,31)(H2,24,25,26,27,29)/p-1/t17-,18+/m0/s1. The van der Waals surface area contributed by atoms with Crippen molar-refractivity contribution in [3.05, 3.63) is 70.7 Å². The molecule has 0 spiro atoms. The van der Waals surface area contributed by atoms with Crippen LogP contribution in [0.3, 0.4) is 0 Å². The third-order valence-corrected chi connectivity index (χ3v) is 5.43. The molecule has 0 saturated carbocycles. The Hall–Kier alpha value is -3.39. The van der Waals surface area contributed by atoms with Gasteiger partial charge in [0, 0.05) is 17.4 Å². The third kappa shape index (κ3) is 5.03. The molecule has 8 nitrogen and oxygen atoms in total. The Bertz CT molecular complexity index is 1070. The van der Waals surface area contributed by atoms with Crippen LogP contribution >= 0.6 is 11.6 Å². The molecule has 160 valence electrons. The van der Waals surface area contributed by atoms with Crippen molar-refractivity contribution in [1.82, 2.24) is 14.8 Å². The topological polar surface area (TPSA) is 112 Å². The fourth-order valence-corrected chi connectivity index (χ4v) is 3.80. The third-order valence-electron chi connectivity index (χ3n) is 5.18. The molecule has 0 bridgehead atoms. The number of benzene rings is 2. The lowest BCUT2D eigenvalue weighted by Gasteiger charge is -2.31. The van der Waals surface area contributed by atoms with E-state index < -0.39 is 5.97 Å². The number of rotatable bonds is 7. The van der Waals surface area contributed by atoms with E-state index in [1.807, 2.05) is 42.5 Å². The Kier molecular flexibility index (Phi) is 6.18. The fourth-order valence-electron chi connectivity index (χ4n) is 3.68. The van der Waals surface area contributed by atoms with Gasteiger partial charge in [0.1, 0.15) is 0 Å². The first-order valence-electron chi connectivity index (χ1n) is 10.0. The van der Waals surface area contributed by atoms with E-state index >= 15 is 0 Å². The maximum absolute atomic E-state index is 12.1. The average Bonchev–Trinajstić information content (AvgIpc) is 3.16. The minimum atomic E-state index is -1.18. The zero-order valence-electron chi connectivity index (χ0n) is 16.6. The summed E-state index contributed by atoms with van der Waals surface area (Å²) in [5.74, 6) is -0.795. The fraction of sp³-hybridized carbons (Fsp3) is 0.273. The molecule has 0 aliphatic carbocycles. The lowest BCUT2D eigenvalue weighted by molar-refractivity contribution is -0.305.